The Balaban J connectivity index is 2.02. The number of amides is 1. The fraction of sp³-hybridized carbons (Fsp3) is 0.273. The molecule has 1 N–H and O–H groups in total. The van der Waals surface area contributed by atoms with Gasteiger partial charge < -0.3 is 14.8 Å². The second-order valence-electron chi connectivity index (χ2n) is 6.51. The van der Waals surface area contributed by atoms with Crippen LogP contribution in [0.5, 0.6) is 11.5 Å². The highest BCUT2D eigenvalue weighted by Gasteiger charge is 2.16. The lowest BCUT2D eigenvalue weighted by molar-refractivity contribution is -0.120. The van der Waals surface area contributed by atoms with Crippen molar-refractivity contribution in [3.8, 4) is 22.8 Å². The summed E-state index contributed by atoms with van der Waals surface area (Å²) in [6.07, 6.45) is 1.16. The van der Waals surface area contributed by atoms with E-state index in [1.54, 1.807) is 21.3 Å². The molecule has 1 aromatic heterocycles. The van der Waals surface area contributed by atoms with Crippen LogP contribution in [0.15, 0.2) is 36.4 Å². The van der Waals surface area contributed by atoms with Crippen molar-refractivity contribution in [3.63, 3.8) is 0 Å². The number of hydrogen-bond donors (Lipinski definition) is 1. The van der Waals surface area contributed by atoms with E-state index in [4.69, 9.17) is 26.1 Å². The van der Waals surface area contributed by atoms with Gasteiger partial charge in [0.25, 0.3) is 0 Å². The van der Waals surface area contributed by atoms with Gasteiger partial charge in [-0.15, -0.1) is 0 Å². The minimum Gasteiger partial charge on any atom is -0.493 e. The largest absolute Gasteiger partial charge is 0.493 e. The highest BCUT2D eigenvalue weighted by atomic mass is 35.5. The van der Waals surface area contributed by atoms with Crippen LogP contribution in [0.25, 0.3) is 22.2 Å². The molecule has 0 spiro atoms. The number of benzene rings is 2. The molecular weight excluding hydrogens is 376 g/mol. The van der Waals surface area contributed by atoms with Crippen LogP contribution >= 0.6 is 11.6 Å². The van der Waals surface area contributed by atoms with Gasteiger partial charge in [0.1, 0.15) is 0 Å². The van der Waals surface area contributed by atoms with Crippen molar-refractivity contribution in [2.24, 2.45) is 0 Å². The summed E-state index contributed by atoms with van der Waals surface area (Å²) in [4.78, 5) is 16.3. The number of carbonyl (C=O) groups is 1. The van der Waals surface area contributed by atoms with Crippen LogP contribution in [0.3, 0.4) is 0 Å². The zero-order valence-corrected chi connectivity index (χ0v) is 17.2. The first-order chi connectivity index (χ1) is 13.5. The van der Waals surface area contributed by atoms with Crippen molar-refractivity contribution in [1.29, 1.82) is 0 Å². The first kappa shape index (κ1) is 20.0. The molecule has 3 aromatic rings. The van der Waals surface area contributed by atoms with Crippen molar-refractivity contribution in [1.82, 2.24) is 10.3 Å². The highest BCUT2D eigenvalue weighted by molar-refractivity contribution is 6.35. The van der Waals surface area contributed by atoms with Gasteiger partial charge in [0.2, 0.25) is 5.91 Å². The average Bonchev–Trinajstić information content (AvgIpc) is 2.71. The number of pyridine rings is 1. The lowest BCUT2D eigenvalue weighted by Gasteiger charge is -2.14. The number of ether oxygens (including phenoxy) is 2. The molecule has 0 atom stereocenters. The molecule has 5 nitrogen and oxygen atoms in total. The quantitative estimate of drug-likeness (QED) is 0.661. The van der Waals surface area contributed by atoms with E-state index in [1.165, 1.54) is 0 Å². The maximum absolute atomic E-state index is 11.5. The third-order valence-electron chi connectivity index (χ3n) is 4.76. The fourth-order valence-corrected chi connectivity index (χ4v) is 3.53. The molecule has 0 aliphatic rings. The van der Waals surface area contributed by atoms with Gasteiger partial charge in [-0.25, -0.2) is 4.98 Å². The molecule has 1 heterocycles. The number of aryl methyl sites for hydroxylation is 2. The van der Waals surface area contributed by atoms with Crippen molar-refractivity contribution in [2.45, 2.75) is 19.8 Å². The Morgan fingerprint density at radius 1 is 1.14 bits per heavy atom. The molecule has 28 heavy (non-hydrogen) atoms. The Bertz CT molecular complexity index is 1030. The van der Waals surface area contributed by atoms with E-state index < -0.39 is 0 Å². The van der Waals surface area contributed by atoms with Crippen molar-refractivity contribution >= 4 is 28.4 Å². The summed E-state index contributed by atoms with van der Waals surface area (Å²) in [5, 5.41) is 4.18. The molecule has 0 aliphatic carbocycles. The van der Waals surface area contributed by atoms with Gasteiger partial charge in [-0.3, -0.25) is 4.79 Å². The van der Waals surface area contributed by atoms with E-state index in [2.05, 4.69) is 11.4 Å². The number of carbonyl (C=O) groups excluding carboxylic acids is 1. The Morgan fingerprint density at radius 3 is 2.61 bits per heavy atom. The summed E-state index contributed by atoms with van der Waals surface area (Å²) in [6, 6.07) is 11.8. The molecule has 0 saturated heterocycles. The minimum absolute atomic E-state index is 0.0355. The Labute approximate surface area is 169 Å². The predicted molar refractivity (Wildman–Crippen MR) is 112 cm³/mol. The van der Waals surface area contributed by atoms with Gasteiger partial charge in [0, 0.05) is 24.4 Å². The Morgan fingerprint density at radius 2 is 1.93 bits per heavy atom. The fourth-order valence-electron chi connectivity index (χ4n) is 3.20. The third-order valence-corrected chi connectivity index (χ3v) is 5.14. The van der Waals surface area contributed by atoms with Gasteiger partial charge in [-0.1, -0.05) is 17.7 Å². The number of methoxy groups -OCH3 is 2. The van der Waals surface area contributed by atoms with Crippen molar-refractivity contribution < 1.29 is 14.3 Å². The van der Waals surface area contributed by atoms with Crippen LogP contribution in [-0.4, -0.2) is 32.2 Å². The number of aromatic nitrogens is 1. The van der Waals surface area contributed by atoms with E-state index >= 15 is 0 Å². The summed E-state index contributed by atoms with van der Waals surface area (Å²) in [7, 11) is 4.79. The number of hydrogen-bond acceptors (Lipinski definition) is 4. The molecule has 0 saturated carbocycles. The first-order valence-electron chi connectivity index (χ1n) is 9.00. The molecule has 0 aliphatic heterocycles. The molecule has 1 amide bonds. The predicted octanol–water partition coefficient (Wildman–Crippen LogP) is 4.56. The second-order valence-corrected chi connectivity index (χ2v) is 6.89. The summed E-state index contributed by atoms with van der Waals surface area (Å²) >= 11 is 6.56. The van der Waals surface area contributed by atoms with E-state index in [9.17, 15) is 4.79 Å². The number of nitrogens with zero attached hydrogens (tertiary/aromatic N) is 1. The van der Waals surface area contributed by atoms with Crippen LogP contribution in [-0.2, 0) is 11.2 Å². The van der Waals surface area contributed by atoms with Crippen LogP contribution in [0, 0.1) is 6.92 Å². The van der Waals surface area contributed by atoms with Crippen molar-refractivity contribution in [2.75, 3.05) is 21.3 Å². The molecule has 6 heteroatoms. The van der Waals surface area contributed by atoms with E-state index in [-0.39, 0.29) is 5.91 Å². The van der Waals surface area contributed by atoms with Gasteiger partial charge >= 0.3 is 0 Å². The van der Waals surface area contributed by atoms with Crippen LogP contribution < -0.4 is 14.8 Å². The maximum atomic E-state index is 11.5. The summed E-state index contributed by atoms with van der Waals surface area (Å²) in [5.74, 6) is 1.11. The van der Waals surface area contributed by atoms with E-state index in [1.807, 2.05) is 37.3 Å². The molecule has 0 unspecified atom stereocenters. The van der Waals surface area contributed by atoms with Gasteiger partial charge in [0.05, 0.1) is 30.5 Å². The molecular formula is C22H23ClN2O3. The zero-order chi connectivity index (χ0) is 20.3. The SMILES string of the molecule is CNC(=O)CCc1ccc2nc(-c3ccc(OC)c(OC)c3Cl)cc(C)c2c1. The molecule has 146 valence electrons. The molecule has 0 bridgehead atoms. The number of rotatable bonds is 6. The molecule has 3 rings (SSSR count). The Kier molecular flexibility index (Phi) is 6.05. The Hall–Kier alpha value is -2.79. The van der Waals surface area contributed by atoms with Crippen LogP contribution in [0.1, 0.15) is 17.5 Å². The minimum atomic E-state index is 0.0355. The molecule has 0 fully saturated rings. The standard InChI is InChI=1S/C22H23ClN2O3/c1-13-11-18(15-7-9-19(27-3)22(28-4)21(15)23)25-17-8-5-14(12-16(13)17)6-10-20(26)24-2/h5,7-9,11-12H,6,10H2,1-4H3,(H,24,26). The first-order valence-corrected chi connectivity index (χ1v) is 9.38. The normalized spacial score (nSPS) is 10.8. The van der Waals surface area contributed by atoms with Crippen LogP contribution in [0.2, 0.25) is 5.02 Å². The lowest BCUT2D eigenvalue weighted by atomic mass is 10.0. The zero-order valence-electron chi connectivity index (χ0n) is 16.4. The van der Waals surface area contributed by atoms with Gasteiger partial charge in [-0.05, 0) is 54.8 Å². The van der Waals surface area contributed by atoms with E-state index in [0.717, 1.165) is 33.3 Å². The molecule has 2 aromatic carbocycles. The van der Waals surface area contributed by atoms with Crippen molar-refractivity contribution in [3.05, 3.63) is 52.5 Å². The summed E-state index contributed by atoms with van der Waals surface area (Å²) in [6.45, 7) is 2.05. The smallest absolute Gasteiger partial charge is 0.220 e. The summed E-state index contributed by atoms with van der Waals surface area (Å²) in [5.41, 5.74) is 4.64. The maximum Gasteiger partial charge on any atom is 0.220 e. The lowest BCUT2D eigenvalue weighted by Crippen LogP contribution is -2.17. The second kappa shape index (κ2) is 8.48. The van der Waals surface area contributed by atoms with Gasteiger partial charge in [0.15, 0.2) is 11.5 Å². The molecule has 0 radical (unpaired) electrons. The monoisotopic (exact) mass is 398 g/mol. The van der Waals surface area contributed by atoms with E-state index in [0.29, 0.717) is 29.4 Å². The van der Waals surface area contributed by atoms with Gasteiger partial charge in [-0.2, -0.15) is 0 Å². The topological polar surface area (TPSA) is 60.5 Å². The van der Waals surface area contributed by atoms with Crippen LogP contribution in [0.4, 0.5) is 0 Å². The highest BCUT2D eigenvalue weighted by Crippen LogP contribution is 2.41. The average molecular weight is 399 g/mol. The number of halogens is 1. The summed E-state index contributed by atoms with van der Waals surface area (Å²) < 4.78 is 10.7. The number of nitrogens with one attached hydrogen (secondary N) is 1. The third kappa shape index (κ3) is 3.90. The number of fused-ring (bicyclic) bond motifs is 1.